The quantitative estimate of drug-likeness (QED) is 0.647. The van der Waals surface area contributed by atoms with Crippen LogP contribution in [0.15, 0.2) is 26.9 Å². The Labute approximate surface area is 163 Å². The second-order valence-electron chi connectivity index (χ2n) is 5.01. The zero-order valence-electron chi connectivity index (χ0n) is 14.2. The molecular formula is C15H17BrN2O6S2. The van der Waals surface area contributed by atoms with E-state index >= 15 is 0 Å². The Morgan fingerprint density at radius 3 is 2.15 bits per heavy atom. The van der Waals surface area contributed by atoms with E-state index in [2.05, 4.69) is 21.2 Å². The average Bonchev–Trinajstić information content (AvgIpc) is 3.00. The second kappa shape index (κ2) is 8.25. The molecule has 8 nitrogen and oxygen atoms in total. The van der Waals surface area contributed by atoms with Crippen LogP contribution < -0.4 is 24.7 Å². The van der Waals surface area contributed by atoms with Crippen molar-refractivity contribution < 1.29 is 27.4 Å². The molecule has 11 heteroatoms. The fraction of sp³-hybridized carbons (Fsp3) is 0.267. The molecule has 0 saturated heterocycles. The van der Waals surface area contributed by atoms with Crippen LogP contribution >= 0.6 is 27.3 Å². The number of hydrogen-bond acceptors (Lipinski definition) is 7. The zero-order valence-corrected chi connectivity index (χ0v) is 17.4. The van der Waals surface area contributed by atoms with Crippen molar-refractivity contribution in [3.63, 3.8) is 0 Å². The van der Waals surface area contributed by atoms with Crippen LogP contribution in [0.5, 0.6) is 17.2 Å². The lowest BCUT2D eigenvalue weighted by Crippen LogP contribution is -2.22. The lowest BCUT2D eigenvalue weighted by atomic mass is 10.1. The molecule has 0 spiro atoms. The van der Waals surface area contributed by atoms with Crippen molar-refractivity contribution in [2.75, 3.05) is 21.3 Å². The summed E-state index contributed by atoms with van der Waals surface area (Å²) < 4.78 is 39.0. The molecule has 0 radical (unpaired) electrons. The topological polar surface area (TPSA) is 117 Å². The van der Waals surface area contributed by atoms with E-state index in [-0.39, 0.29) is 20.1 Å². The van der Waals surface area contributed by atoms with Crippen LogP contribution in [0.4, 0.5) is 0 Å². The van der Waals surface area contributed by atoms with E-state index < -0.39 is 15.9 Å². The first-order valence-electron chi connectivity index (χ1n) is 7.10. The van der Waals surface area contributed by atoms with Gasteiger partial charge < -0.3 is 19.5 Å². The monoisotopic (exact) mass is 464 g/mol. The molecule has 2 aromatic rings. The summed E-state index contributed by atoms with van der Waals surface area (Å²) in [7, 11) is 0.592. The molecule has 0 aliphatic rings. The Balaban J connectivity index is 2.20. The normalized spacial score (nSPS) is 11.1. The van der Waals surface area contributed by atoms with Gasteiger partial charge in [-0.1, -0.05) is 0 Å². The Morgan fingerprint density at radius 1 is 1.15 bits per heavy atom. The number of methoxy groups -OCH3 is 3. The largest absolute Gasteiger partial charge is 0.493 e. The molecule has 1 heterocycles. The Kier molecular flexibility index (Phi) is 6.50. The molecule has 142 valence electrons. The predicted octanol–water partition coefficient (Wildman–Crippen LogP) is 2.11. The van der Waals surface area contributed by atoms with E-state index in [1.54, 1.807) is 12.1 Å². The molecule has 0 aliphatic carbocycles. The highest BCUT2D eigenvalue weighted by atomic mass is 79.9. The van der Waals surface area contributed by atoms with E-state index in [4.69, 9.17) is 19.3 Å². The lowest BCUT2D eigenvalue weighted by molar-refractivity contribution is 0.0954. The molecule has 26 heavy (non-hydrogen) atoms. The maximum absolute atomic E-state index is 12.3. The minimum atomic E-state index is -3.90. The molecule has 1 aromatic carbocycles. The Bertz CT molecular complexity index is 901. The van der Waals surface area contributed by atoms with Crippen molar-refractivity contribution in [3.05, 3.63) is 32.4 Å². The maximum Gasteiger partial charge on any atom is 0.261 e. The maximum atomic E-state index is 12.3. The molecule has 0 saturated carbocycles. The summed E-state index contributed by atoms with van der Waals surface area (Å²) in [6, 6.07) is 4.65. The van der Waals surface area contributed by atoms with Crippen LogP contribution in [0.3, 0.4) is 0 Å². The van der Waals surface area contributed by atoms with Crippen molar-refractivity contribution >= 4 is 43.2 Å². The molecule has 1 aromatic heterocycles. The van der Waals surface area contributed by atoms with E-state index in [1.807, 2.05) is 0 Å². The van der Waals surface area contributed by atoms with Gasteiger partial charge in [0.05, 0.1) is 30.0 Å². The molecule has 0 aliphatic heterocycles. The van der Waals surface area contributed by atoms with Crippen LogP contribution in [0.1, 0.15) is 15.2 Å². The number of ether oxygens (including phenoxy) is 3. The number of sulfonamides is 1. The molecule has 0 fully saturated rings. The highest BCUT2D eigenvalue weighted by Crippen LogP contribution is 2.38. The van der Waals surface area contributed by atoms with Crippen LogP contribution in [0, 0.1) is 0 Å². The number of halogens is 1. The minimum Gasteiger partial charge on any atom is -0.493 e. The number of nitrogens with two attached hydrogens (primary N) is 1. The third-order valence-corrected chi connectivity index (χ3v) is 6.53. The van der Waals surface area contributed by atoms with Gasteiger partial charge in [-0.2, -0.15) is 0 Å². The van der Waals surface area contributed by atoms with Crippen molar-refractivity contribution in [2.45, 2.75) is 11.4 Å². The van der Waals surface area contributed by atoms with Gasteiger partial charge in [0.1, 0.15) is 4.90 Å². The third kappa shape index (κ3) is 4.47. The molecule has 3 N–H and O–H groups in total. The van der Waals surface area contributed by atoms with E-state index in [9.17, 15) is 13.2 Å². The Hall–Kier alpha value is -1.82. The second-order valence-corrected chi connectivity index (χ2v) is 8.91. The van der Waals surface area contributed by atoms with Crippen molar-refractivity contribution in [1.29, 1.82) is 0 Å². The van der Waals surface area contributed by atoms with Crippen molar-refractivity contribution in [1.82, 2.24) is 5.32 Å². The fourth-order valence-corrected chi connectivity index (χ4v) is 5.23. The lowest BCUT2D eigenvalue weighted by Gasteiger charge is -2.14. The van der Waals surface area contributed by atoms with Gasteiger partial charge in [0.25, 0.3) is 5.91 Å². The molecule has 0 bridgehead atoms. The molecule has 1 amide bonds. The number of carbonyl (C=O) groups excluding carboxylic acids is 1. The van der Waals surface area contributed by atoms with Crippen LogP contribution in [-0.2, 0) is 16.6 Å². The van der Waals surface area contributed by atoms with E-state index in [0.717, 1.165) is 16.9 Å². The number of benzene rings is 1. The summed E-state index contributed by atoms with van der Waals surface area (Å²) in [6.07, 6.45) is 0. The number of rotatable bonds is 7. The first-order valence-corrected chi connectivity index (χ1v) is 10.3. The molecule has 0 unspecified atom stereocenters. The van der Waals surface area contributed by atoms with E-state index in [0.29, 0.717) is 17.2 Å². The zero-order chi connectivity index (χ0) is 19.5. The van der Waals surface area contributed by atoms with Gasteiger partial charge in [0, 0.05) is 6.54 Å². The average molecular weight is 465 g/mol. The van der Waals surface area contributed by atoms with E-state index in [1.165, 1.54) is 27.4 Å². The molecule has 2 rings (SSSR count). The summed E-state index contributed by atoms with van der Waals surface area (Å²) in [4.78, 5) is 12.4. The summed E-state index contributed by atoms with van der Waals surface area (Å²) in [5, 5.41) is 7.82. The minimum absolute atomic E-state index is 0.125. The smallest absolute Gasteiger partial charge is 0.261 e. The number of carbonyl (C=O) groups is 1. The summed E-state index contributed by atoms with van der Waals surface area (Å²) in [5.74, 6) is 0.947. The summed E-state index contributed by atoms with van der Waals surface area (Å²) >= 11 is 4.09. The van der Waals surface area contributed by atoms with Gasteiger partial charge in [-0.05, 0) is 39.7 Å². The first kappa shape index (κ1) is 20.5. The molecule has 0 atom stereocenters. The fourth-order valence-electron chi connectivity index (χ4n) is 2.16. The van der Waals surface area contributed by atoms with Crippen molar-refractivity contribution in [2.24, 2.45) is 5.14 Å². The van der Waals surface area contributed by atoms with Crippen molar-refractivity contribution in [3.8, 4) is 17.2 Å². The van der Waals surface area contributed by atoms with Crippen LogP contribution in [0.2, 0.25) is 0 Å². The van der Waals surface area contributed by atoms with Crippen LogP contribution in [-0.4, -0.2) is 35.7 Å². The number of amides is 1. The van der Waals surface area contributed by atoms with Gasteiger partial charge in [-0.25, -0.2) is 13.6 Å². The van der Waals surface area contributed by atoms with Gasteiger partial charge in [0.15, 0.2) is 11.5 Å². The number of primary sulfonamides is 1. The summed E-state index contributed by atoms with van der Waals surface area (Å²) in [6.45, 7) is 0.176. The standard InChI is InChI=1S/C15H17BrN2O6S2/c1-22-9-4-8(5-10(23-2)13(9)24-3)7-18-15(19)11-6-12(14(16)25-11)26(17,20)21/h4-6H,7H2,1-3H3,(H,18,19)(H2,17,20,21). The van der Waals surface area contributed by atoms with Gasteiger partial charge >= 0.3 is 0 Å². The van der Waals surface area contributed by atoms with Crippen LogP contribution in [0.25, 0.3) is 0 Å². The third-order valence-electron chi connectivity index (χ3n) is 3.36. The Morgan fingerprint density at radius 2 is 1.73 bits per heavy atom. The predicted molar refractivity (Wildman–Crippen MR) is 101 cm³/mol. The number of nitrogens with one attached hydrogen (secondary N) is 1. The highest BCUT2D eigenvalue weighted by Gasteiger charge is 2.20. The van der Waals surface area contributed by atoms with Gasteiger partial charge in [-0.3, -0.25) is 4.79 Å². The number of thiophene rings is 1. The highest BCUT2D eigenvalue weighted by molar-refractivity contribution is 9.11. The van der Waals surface area contributed by atoms with Gasteiger partial charge in [-0.15, -0.1) is 11.3 Å². The van der Waals surface area contributed by atoms with Gasteiger partial charge in [0.2, 0.25) is 15.8 Å². The SMILES string of the molecule is COc1cc(CNC(=O)c2cc(S(N)(=O)=O)c(Br)s2)cc(OC)c1OC. The first-order chi connectivity index (χ1) is 12.2. The number of hydrogen-bond donors (Lipinski definition) is 2. The molecular weight excluding hydrogens is 448 g/mol. The summed E-state index contributed by atoms with van der Waals surface area (Å²) in [5.41, 5.74) is 0.718.